The van der Waals surface area contributed by atoms with Gasteiger partial charge in [-0.25, -0.2) is 0 Å². The Morgan fingerprint density at radius 1 is 1.26 bits per heavy atom. The number of likely N-dealkylation sites (tertiary alicyclic amines) is 1. The van der Waals surface area contributed by atoms with Crippen molar-refractivity contribution in [2.24, 2.45) is 17.6 Å². The Morgan fingerprint density at radius 2 is 1.79 bits per heavy atom. The molecule has 3 nitrogen and oxygen atoms in total. The number of hydrogen-bond acceptors (Lipinski definition) is 2. The monoisotopic (exact) mass is 258 g/mol. The zero-order valence-electron chi connectivity index (χ0n) is 11.7. The van der Waals surface area contributed by atoms with Crippen molar-refractivity contribution in [3.63, 3.8) is 0 Å². The number of nitrogens with two attached hydrogens (primary N) is 1. The van der Waals surface area contributed by atoms with Crippen LogP contribution in [0.15, 0.2) is 24.3 Å². The minimum atomic E-state index is -0.166. The smallest absolute Gasteiger partial charge is 0.226 e. The minimum Gasteiger partial charge on any atom is -0.339 e. The first-order valence-corrected chi connectivity index (χ1v) is 7.14. The highest BCUT2D eigenvalue weighted by atomic mass is 16.2. The van der Waals surface area contributed by atoms with Crippen molar-refractivity contribution in [1.82, 2.24) is 4.90 Å². The van der Waals surface area contributed by atoms with Crippen molar-refractivity contribution in [1.29, 1.82) is 0 Å². The van der Waals surface area contributed by atoms with Gasteiger partial charge < -0.3 is 10.6 Å². The second-order valence-electron chi connectivity index (χ2n) is 6.46. The second kappa shape index (κ2) is 4.34. The fourth-order valence-corrected chi connectivity index (χ4v) is 3.18. The summed E-state index contributed by atoms with van der Waals surface area (Å²) in [7, 11) is 0. The lowest BCUT2D eigenvalue weighted by atomic mass is 9.79. The molecule has 1 aliphatic heterocycles. The molecule has 0 spiro atoms. The topological polar surface area (TPSA) is 46.3 Å². The van der Waals surface area contributed by atoms with Crippen LogP contribution in [0, 0.1) is 11.8 Å². The van der Waals surface area contributed by atoms with E-state index < -0.39 is 0 Å². The molecule has 0 aromatic heterocycles. The van der Waals surface area contributed by atoms with E-state index in [-0.39, 0.29) is 17.4 Å². The first-order valence-electron chi connectivity index (χ1n) is 7.14. The number of carbonyl (C=O) groups is 1. The summed E-state index contributed by atoms with van der Waals surface area (Å²) in [5.41, 5.74) is 8.77. The van der Waals surface area contributed by atoms with Crippen molar-refractivity contribution < 1.29 is 4.79 Å². The van der Waals surface area contributed by atoms with Crippen molar-refractivity contribution >= 4 is 5.91 Å². The van der Waals surface area contributed by atoms with Crippen LogP contribution < -0.4 is 5.73 Å². The van der Waals surface area contributed by atoms with E-state index in [0.717, 1.165) is 25.9 Å². The third-order valence-corrected chi connectivity index (χ3v) is 4.83. The van der Waals surface area contributed by atoms with Gasteiger partial charge in [0.05, 0.1) is 5.54 Å². The van der Waals surface area contributed by atoms with Crippen molar-refractivity contribution in [3.05, 3.63) is 35.4 Å². The Morgan fingerprint density at radius 3 is 2.26 bits per heavy atom. The summed E-state index contributed by atoms with van der Waals surface area (Å²) in [6.07, 6.45) is 1.79. The number of amides is 1. The molecule has 1 aromatic rings. The third kappa shape index (κ3) is 2.06. The van der Waals surface area contributed by atoms with Gasteiger partial charge in [-0.3, -0.25) is 4.79 Å². The van der Waals surface area contributed by atoms with Gasteiger partial charge in [-0.1, -0.05) is 38.1 Å². The molecule has 2 aliphatic rings. The van der Waals surface area contributed by atoms with Crippen molar-refractivity contribution in [3.8, 4) is 0 Å². The normalized spacial score (nSPS) is 21.4. The number of nitrogens with zero attached hydrogens (tertiary/aromatic N) is 1. The van der Waals surface area contributed by atoms with Gasteiger partial charge in [0, 0.05) is 19.0 Å². The van der Waals surface area contributed by atoms with E-state index in [1.54, 1.807) is 0 Å². The molecule has 1 amide bonds. The van der Waals surface area contributed by atoms with Gasteiger partial charge in [0.2, 0.25) is 5.91 Å². The molecule has 19 heavy (non-hydrogen) atoms. The van der Waals surface area contributed by atoms with Gasteiger partial charge in [0.15, 0.2) is 0 Å². The molecule has 102 valence electrons. The van der Waals surface area contributed by atoms with E-state index in [2.05, 4.69) is 38.1 Å². The van der Waals surface area contributed by atoms with E-state index in [1.807, 2.05) is 4.90 Å². The van der Waals surface area contributed by atoms with Gasteiger partial charge in [-0.05, 0) is 29.9 Å². The van der Waals surface area contributed by atoms with Gasteiger partial charge >= 0.3 is 0 Å². The predicted octanol–water partition coefficient (Wildman–Crippen LogP) is 1.60. The first-order chi connectivity index (χ1) is 8.99. The summed E-state index contributed by atoms with van der Waals surface area (Å²) in [5, 5.41) is 0. The summed E-state index contributed by atoms with van der Waals surface area (Å²) >= 11 is 0. The number of rotatable bonds is 2. The van der Waals surface area contributed by atoms with E-state index in [1.165, 1.54) is 11.1 Å². The minimum absolute atomic E-state index is 0.133. The zero-order chi connectivity index (χ0) is 13.6. The fraction of sp³-hybridized carbons (Fsp3) is 0.562. The van der Waals surface area contributed by atoms with Crippen molar-refractivity contribution in [2.75, 3.05) is 13.1 Å². The number of hydrogen-bond donors (Lipinski definition) is 1. The SMILES string of the molecule is CC(C)C1(N)CN(C(=O)C2Cc3ccccc3C2)C1. The molecule has 0 unspecified atom stereocenters. The summed E-state index contributed by atoms with van der Waals surface area (Å²) in [5.74, 6) is 0.851. The lowest BCUT2D eigenvalue weighted by Gasteiger charge is -2.51. The van der Waals surface area contributed by atoms with E-state index in [4.69, 9.17) is 5.73 Å². The molecule has 2 N–H and O–H groups in total. The van der Waals surface area contributed by atoms with Crippen LogP contribution in [-0.4, -0.2) is 29.4 Å². The first kappa shape index (κ1) is 12.7. The van der Waals surface area contributed by atoms with Crippen LogP contribution in [0.5, 0.6) is 0 Å². The van der Waals surface area contributed by atoms with Crippen LogP contribution >= 0.6 is 0 Å². The molecule has 0 radical (unpaired) electrons. The highest BCUT2D eigenvalue weighted by Crippen LogP contribution is 2.32. The molecule has 1 fully saturated rings. The zero-order valence-corrected chi connectivity index (χ0v) is 11.7. The van der Waals surface area contributed by atoms with Gasteiger partial charge in [-0.15, -0.1) is 0 Å². The fourth-order valence-electron chi connectivity index (χ4n) is 3.18. The molecule has 1 saturated heterocycles. The average Bonchev–Trinajstić information content (AvgIpc) is 2.77. The third-order valence-electron chi connectivity index (χ3n) is 4.83. The molecular weight excluding hydrogens is 236 g/mol. The van der Waals surface area contributed by atoms with E-state index >= 15 is 0 Å². The molecule has 1 aliphatic carbocycles. The van der Waals surface area contributed by atoms with Gasteiger partial charge in [0.1, 0.15) is 0 Å². The number of fused-ring (bicyclic) bond motifs is 1. The molecule has 0 atom stereocenters. The molecule has 1 aromatic carbocycles. The molecule has 3 heteroatoms. The maximum Gasteiger partial charge on any atom is 0.226 e. The maximum atomic E-state index is 12.5. The Hall–Kier alpha value is -1.35. The lowest BCUT2D eigenvalue weighted by molar-refractivity contribution is -0.144. The van der Waals surface area contributed by atoms with Crippen LogP contribution in [0.1, 0.15) is 25.0 Å². The van der Waals surface area contributed by atoms with Crippen LogP contribution in [0.25, 0.3) is 0 Å². The molecule has 3 rings (SSSR count). The van der Waals surface area contributed by atoms with Crippen LogP contribution in [0.3, 0.4) is 0 Å². The molecular formula is C16H22N2O. The van der Waals surface area contributed by atoms with Gasteiger partial charge in [0.25, 0.3) is 0 Å². The second-order valence-corrected chi connectivity index (χ2v) is 6.46. The predicted molar refractivity (Wildman–Crippen MR) is 75.7 cm³/mol. The molecule has 0 bridgehead atoms. The van der Waals surface area contributed by atoms with Crippen LogP contribution in [0.2, 0.25) is 0 Å². The Kier molecular flexibility index (Phi) is 2.90. The maximum absolute atomic E-state index is 12.5. The molecule has 0 saturated carbocycles. The summed E-state index contributed by atoms with van der Waals surface area (Å²) in [6, 6.07) is 8.39. The highest BCUT2D eigenvalue weighted by molar-refractivity contribution is 5.81. The van der Waals surface area contributed by atoms with E-state index in [0.29, 0.717) is 5.92 Å². The average molecular weight is 258 g/mol. The Labute approximate surface area is 114 Å². The van der Waals surface area contributed by atoms with Crippen molar-refractivity contribution in [2.45, 2.75) is 32.2 Å². The summed E-state index contributed by atoms with van der Waals surface area (Å²) < 4.78 is 0. The highest BCUT2D eigenvalue weighted by Gasteiger charge is 2.46. The standard InChI is InChI=1S/C16H22N2O/c1-11(2)16(17)9-18(10-16)15(19)14-7-12-5-3-4-6-13(12)8-14/h3-6,11,14H,7-10,17H2,1-2H3. The largest absolute Gasteiger partial charge is 0.339 e. The summed E-state index contributed by atoms with van der Waals surface area (Å²) in [6.45, 7) is 5.70. The molecule has 1 heterocycles. The van der Waals surface area contributed by atoms with Crippen LogP contribution in [0.4, 0.5) is 0 Å². The Balaban J connectivity index is 1.63. The number of benzene rings is 1. The Bertz CT molecular complexity index is 478. The van der Waals surface area contributed by atoms with E-state index in [9.17, 15) is 4.79 Å². The number of carbonyl (C=O) groups excluding carboxylic acids is 1. The van der Waals surface area contributed by atoms with Gasteiger partial charge in [-0.2, -0.15) is 0 Å². The lowest BCUT2D eigenvalue weighted by Crippen LogP contribution is -2.71. The summed E-state index contributed by atoms with van der Waals surface area (Å²) in [4.78, 5) is 14.4. The quantitative estimate of drug-likeness (QED) is 0.876. The van der Waals surface area contributed by atoms with Crippen LogP contribution in [-0.2, 0) is 17.6 Å².